The fourth-order valence-electron chi connectivity index (χ4n) is 1.82. The Labute approximate surface area is 109 Å². The lowest BCUT2D eigenvalue weighted by Gasteiger charge is -2.20. The standard InChI is InChI=1S/C11H10Cl3NO/c12-6-9(16)15-11(4-5-11)10-7(13)2-1-3-8(10)14/h1-3H,4-6H2,(H,15,16). The molecule has 0 spiro atoms. The summed E-state index contributed by atoms with van der Waals surface area (Å²) in [7, 11) is 0. The van der Waals surface area contributed by atoms with E-state index in [1.807, 2.05) is 0 Å². The summed E-state index contributed by atoms with van der Waals surface area (Å²) in [6, 6.07) is 5.33. The Morgan fingerprint density at radius 3 is 2.31 bits per heavy atom. The highest BCUT2D eigenvalue weighted by atomic mass is 35.5. The van der Waals surface area contributed by atoms with Crippen LogP contribution in [0.25, 0.3) is 0 Å². The number of benzene rings is 1. The zero-order valence-corrected chi connectivity index (χ0v) is 10.7. The van der Waals surface area contributed by atoms with Gasteiger partial charge in [0.1, 0.15) is 5.88 Å². The maximum absolute atomic E-state index is 11.3. The first-order valence-corrected chi connectivity index (χ1v) is 6.19. The van der Waals surface area contributed by atoms with Crippen LogP contribution in [0.2, 0.25) is 10.0 Å². The number of alkyl halides is 1. The van der Waals surface area contributed by atoms with Crippen molar-refractivity contribution in [1.29, 1.82) is 0 Å². The first-order valence-electron chi connectivity index (χ1n) is 4.90. The van der Waals surface area contributed by atoms with Crippen LogP contribution in [0, 0.1) is 0 Å². The first kappa shape index (κ1) is 12.0. The van der Waals surface area contributed by atoms with Crippen LogP contribution in [0.3, 0.4) is 0 Å². The molecule has 16 heavy (non-hydrogen) atoms. The van der Waals surface area contributed by atoms with Gasteiger partial charge in [-0.2, -0.15) is 0 Å². The second-order valence-corrected chi connectivity index (χ2v) is 4.94. The number of carbonyl (C=O) groups excluding carboxylic acids is 1. The summed E-state index contributed by atoms with van der Waals surface area (Å²) in [5.74, 6) is -0.251. The molecule has 1 N–H and O–H groups in total. The van der Waals surface area contributed by atoms with Crippen molar-refractivity contribution in [3.63, 3.8) is 0 Å². The minimum absolute atomic E-state index is 0.0518. The molecule has 1 saturated carbocycles. The Morgan fingerprint density at radius 2 is 1.88 bits per heavy atom. The summed E-state index contributed by atoms with van der Waals surface area (Å²) in [6.07, 6.45) is 1.69. The zero-order valence-electron chi connectivity index (χ0n) is 8.40. The minimum Gasteiger partial charge on any atom is -0.345 e. The van der Waals surface area contributed by atoms with Gasteiger partial charge in [-0.05, 0) is 25.0 Å². The molecule has 1 aromatic carbocycles. The maximum Gasteiger partial charge on any atom is 0.235 e. The van der Waals surface area contributed by atoms with Gasteiger partial charge in [-0.15, -0.1) is 11.6 Å². The van der Waals surface area contributed by atoms with Gasteiger partial charge in [0.2, 0.25) is 5.91 Å². The summed E-state index contributed by atoms with van der Waals surface area (Å²) >= 11 is 17.7. The van der Waals surface area contributed by atoms with Crippen molar-refractivity contribution >= 4 is 40.7 Å². The predicted octanol–water partition coefficient (Wildman–Crippen LogP) is 3.34. The third-order valence-corrected chi connectivity index (χ3v) is 3.56. The van der Waals surface area contributed by atoms with E-state index in [9.17, 15) is 4.79 Å². The van der Waals surface area contributed by atoms with Gasteiger partial charge in [0.15, 0.2) is 0 Å². The summed E-state index contributed by atoms with van der Waals surface area (Å²) in [4.78, 5) is 11.3. The first-order chi connectivity index (χ1) is 7.59. The third-order valence-electron chi connectivity index (χ3n) is 2.69. The maximum atomic E-state index is 11.3. The molecule has 0 radical (unpaired) electrons. The number of hydrogen-bond donors (Lipinski definition) is 1. The fourth-order valence-corrected chi connectivity index (χ4v) is 2.64. The van der Waals surface area contributed by atoms with Gasteiger partial charge < -0.3 is 5.32 Å². The van der Waals surface area contributed by atoms with E-state index in [2.05, 4.69) is 5.32 Å². The van der Waals surface area contributed by atoms with Crippen molar-refractivity contribution < 1.29 is 4.79 Å². The molecule has 0 bridgehead atoms. The molecule has 2 rings (SSSR count). The highest BCUT2D eigenvalue weighted by Gasteiger charge is 2.48. The van der Waals surface area contributed by atoms with E-state index in [4.69, 9.17) is 34.8 Å². The summed E-state index contributed by atoms with van der Waals surface area (Å²) in [5, 5.41) is 4.04. The van der Waals surface area contributed by atoms with Crippen molar-refractivity contribution in [3.8, 4) is 0 Å². The van der Waals surface area contributed by atoms with Crippen LogP contribution >= 0.6 is 34.8 Å². The van der Waals surface area contributed by atoms with Gasteiger partial charge in [0.05, 0.1) is 5.54 Å². The molecule has 1 fully saturated rings. The normalized spacial score (nSPS) is 16.9. The van der Waals surface area contributed by atoms with Crippen LogP contribution in [-0.4, -0.2) is 11.8 Å². The molecule has 0 saturated heterocycles. The molecule has 2 nitrogen and oxygen atoms in total. The summed E-state index contributed by atoms with van der Waals surface area (Å²) < 4.78 is 0. The zero-order chi connectivity index (χ0) is 11.8. The Morgan fingerprint density at radius 1 is 1.31 bits per heavy atom. The topological polar surface area (TPSA) is 29.1 Å². The van der Waals surface area contributed by atoms with Crippen LogP contribution in [-0.2, 0) is 10.3 Å². The Kier molecular flexibility index (Phi) is 3.34. The quantitative estimate of drug-likeness (QED) is 0.844. The number of hydrogen-bond acceptors (Lipinski definition) is 1. The van der Waals surface area contributed by atoms with Gasteiger partial charge in [-0.1, -0.05) is 29.3 Å². The van der Waals surface area contributed by atoms with Crippen molar-refractivity contribution in [3.05, 3.63) is 33.8 Å². The largest absolute Gasteiger partial charge is 0.345 e. The number of halogens is 3. The molecule has 0 aliphatic heterocycles. The third kappa shape index (κ3) is 2.15. The molecule has 5 heteroatoms. The Hall–Kier alpha value is -0.440. The van der Waals surface area contributed by atoms with E-state index in [0.717, 1.165) is 18.4 Å². The molecule has 86 valence electrons. The van der Waals surface area contributed by atoms with Gasteiger partial charge in [0.25, 0.3) is 0 Å². The Bertz CT molecular complexity index is 409. The van der Waals surface area contributed by atoms with Crippen molar-refractivity contribution in [1.82, 2.24) is 5.32 Å². The van der Waals surface area contributed by atoms with Crippen molar-refractivity contribution in [2.45, 2.75) is 18.4 Å². The lowest BCUT2D eigenvalue weighted by Crippen LogP contribution is -2.36. The second kappa shape index (κ2) is 4.44. The monoisotopic (exact) mass is 277 g/mol. The number of nitrogens with one attached hydrogen (secondary N) is 1. The van der Waals surface area contributed by atoms with E-state index in [1.54, 1.807) is 18.2 Å². The van der Waals surface area contributed by atoms with Crippen LogP contribution in [0.1, 0.15) is 18.4 Å². The number of rotatable bonds is 3. The van der Waals surface area contributed by atoms with Crippen LogP contribution < -0.4 is 5.32 Å². The van der Waals surface area contributed by atoms with Crippen LogP contribution in [0.4, 0.5) is 0 Å². The second-order valence-electron chi connectivity index (χ2n) is 3.86. The van der Waals surface area contributed by atoms with Crippen molar-refractivity contribution in [2.24, 2.45) is 0 Å². The molecule has 0 heterocycles. The number of carbonyl (C=O) groups is 1. The smallest absolute Gasteiger partial charge is 0.235 e. The molecule has 0 aromatic heterocycles. The molecular weight excluding hydrogens is 268 g/mol. The van der Waals surface area contributed by atoms with Gasteiger partial charge in [-0.25, -0.2) is 0 Å². The number of amides is 1. The fraction of sp³-hybridized carbons (Fsp3) is 0.364. The molecule has 0 unspecified atom stereocenters. The van der Waals surface area contributed by atoms with E-state index in [0.29, 0.717) is 10.0 Å². The van der Waals surface area contributed by atoms with Gasteiger partial charge in [-0.3, -0.25) is 4.79 Å². The summed E-state index contributed by atoms with van der Waals surface area (Å²) in [5.41, 5.74) is 0.401. The molecule has 1 aromatic rings. The molecule has 1 aliphatic carbocycles. The lowest BCUT2D eigenvalue weighted by molar-refractivity contribution is -0.119. The van der Waals surface area contributed by atoms with E-state index < -0.39 is 5.54 Å². The molecule has 1 aliphatic rings. The lowest BCUT2D eigenvalue weighted by atomic mass is 10.0. The minimum atomic E-state index is -0.401. The highest BCUT2D eigenvalue weighted by Crippen LogP contribution is 2.50. The van der Waals surface area contributed by atoms with E-state index in [1.165, 1.54) is 0 Å². The molecule has 1 amide bonds. The average molecular weight is 279 g/mol. The predicted molar refractivity (Wildman–Crippen MR) is 66.2 cm³/mol. The van der Waals surface area contributed by atoms with Crippen LogP contribution in [0.15, 0.2) is 18.2 Å². The van der Waals surface area contributed by atoms with E-state index >= 15 is 0 Å². The van der Waals surface area contributed by atoms with Crippen LogP contribution in [0.5, 0.6) is 0 Å². The Balaban J connectivity index is 2.33. The summed E-state index contributed by atoms with van der Waals surface area (Å²) in [6.45, 7) is 0. The highest BCUT2D eigenvalue weighted by molar-refractivity contribution is 6.36. The van der Waals surface area contributed by atoms with Gasteiger partial charge in [0, 0.05) is 15.6 Å². The van der Waals surface area contributed by atoms with Crippen molar-refractivity contribution in [2.75, 3.05) is 5.88 Å². The average Bonchev–Trinajstić information content (AvgIpc) is 2.98. The molecule has 0 atom stereocenters. The van der Waals surface area contributed by atoms with Gasteiger partial charge >= 0.3 is 0 Å². The molecular formula is C11H10Cl3NO. The van der Waals surface area contributed by atoms with E-state index in [-0.39, 0.29) is 11.8 Å². The SMILES string of the molecule is O=C(CCl)NC1(c2c(Cl)cccc2Cl)CC1.